The first kappa shape index (κ1) is 30.2. The van der Waals surface area contributed by atoms with Gasteiger partial charge in [0.05, 0.1) is 12.1 Å². The molecule has 0 heterocycles. The molecule has 0 radical (unpaired) electrons. The lowest BCUT2D eigenvalue weighted by atomic mass is 9.99. The molecule has 0 rings (SSSR count). The van der Waals surface area contributed by atoms with E-state index in [2.05, 4.69) is 28.2 Å². The zero-order valence-electron chi connectivity index (χ0n) is 20.6. The Balaban J connectivity index is 3.83. The van der Waals surface area contributed by atoms with E-state index in [9.17, 15) is 19.2 Å². The minimum atomic E-state index is -0.370. The second-order valence-corrected chi connectivity index (χ2v) is 8.59. The van der Waals surface area contributed by atoms with Crippen LogP contribution in [0.25, 0.3) is 0 Å². The first-order valence-corrected chi connectivity index (χ1v) is 12.3. The molecule has 0 aliphatic heterocycles. The van der Waals surface area contributed by atoms with E-state index in [0.717, 1.165) is 70.4 Å². The number of rotatable bonds is 21. The first-order chi connectivity index (χ1) is 15.4. The number of carbonyl (C=O) groups excluding carboxylic acids is 4. The van der Waals surface area contributed by atoms with Gasteiger partial charge in [-0.05, 0) is 52.4 Å². The zero-order valence-corrected chi connectivity index (χ0v) is 20.6. The Labute approximate surface area is 194 Å². The molecule has 8 nitrogen and oxygen atoms in total. The Hall–Kier alpha value is -1.80. The number of unbranched alkanes of at least 4 members (excludes halogenated alkanes) is 2. The second-order valence-electron chi connectivity index (χ2n) is 8.59. The van der Waals surface area contributed by atoms with Gasteiger partial charge in [0.25, 0.3) is 0 Å². The normalized spacial score (nSPS) is 14.8. The molecular weight excluding hydrogens is 408 g/mol. The summed E-state index contributed by atoms with van der Waals surface area (Å²) < 4.78 is 0. The second kappa shape index (κ2) is 19.9. The van der Waals surface area contributed by atoms with Crippen molar-refractivity contribution >= 4 is 24.4 Å². The minimum absolute atomic E-state index is 0.0786. The molecule has 0 bridgehead atoms. The van der Waals surface area contributed by atoms with Crippen LogP contribution in [0.1, 0.15) is 85.5 Å². The van der Waals surface area contributed by atoms with Crippen LogP contribution in [0, 0.1) is 11.8 Å². The fourth-order valence-electron chi connectivity index (χ4n) is 3.36. The van der Waals surface area contributed by atoms with Gasteiger partial charge in [-0.3, -0.25) is 20.2 Å². The molecule has 186 valence electrons. The molecule has 2 amide bonds. The molecule has 0 aliphatic rings. The van der Waals surface area contributed by atoms with Crippen molar-refractivity contribution in [3.63, 3.8) is 0 Å². The lowest BCUT2D eigenvalue weighted by Gasteiger charge is -2.18. The lowest BCUT2D eigenvalue weighted by Crippen LogP contribution is -2.50. The Morgan fingerprint density at radius 3 is 1.59 bits per heavy atom. The fourth-order valence-corrected chi connectivity index (χ4v) is 3.36. The molecule has 0 saturated carbocycles. The van der Waals surface area contributed by atoms with Crippen molar-refractivity contribution in [2.24, 2.45) is 11.8 Å². The summed E-state index contributed by atoms with van der Waals surface area (Å²) in [4.78, 5) is 46.0. The predicted octanol–water partition coefficient (Wildman–Crippen LogP) is 2.31. The molecule has 0 fully saturated rings. The van der Waals surface area contributed by atoms with Crippen molar-refractivity contribution in [2.45, 2.75) is 97.6 Å². The smallest absolute Gasteiger partial charge is 0.236 e. The van der Waals surface area contributed by atoms with Crippen molar-refractivity contribution in [3.8, 4) is 0 Å². The van der Waals surface area contributed by atoms with Gasteiger partial charge in [0, 0.05) is 31.6 Å². The van der Waals surface area contributed by atoms with Gasteiger partial charge in [-0.1, -0.05) is 33.1 Å². The third kappa shape index (κ3) is 15.1. The molecule has 0 saturated heterocycles. The van der Waals surface area contributed by atoms with E-state index in [1.165, 1.54) is 0 Å². The van der Waals surface area contributed by atoms with Crippen LogP contribution in [-0.4, -0.2) is 56.2 Å². The zero-order chi connectivity index (χ0) is 24.2. The highest BCUT2D eigenvalue weighted by Crippen LogP contribution is 2.12. The Kier molecular flexibility index (Phi) is 18.7. The van der Waals surface area contributed by atoms with Gasteiger partial charge >= 0.3 is 0 Å². The number of carbonyl (C=O) groups is 4. The maximum Gasteiger partial charge on any atom is 0.236 e. The van der Waals surface area contributed by atoms with Gasteiger partial charge in [0.1, 0.15) is 12.6 Å². The monoisotopic (exact) mass is 454 g/mol. The van der Waals surface area contributed by atoms with Crippen molar-refractivity contribution < 1.29 is 19.2 Å². The van der Waals surface area contributed by atoms with Gasteiger partial charge in [-0.2, -0.15) is 0 Å². The number of nitrogens with one attached hydrogen (secondary N) is 4. The molecule has 8 heteroatoms. The van der Waals surface area contributed by atoms with Crippen LogP contribution in [0.3, 0.4) is 0 Å². The van der Waals surface area contributed by atoms with Gasteiger partial charge in [-0.25, -0.2) is 0 Å². The molecule has 0 spiro atoms. The van der Waals surface area contributed by atoms with Gasteiger partial charge in [-0.15, -0.1) is 0 Å². The minimum Gasteiger partial charge on any atom is -0.355 e. The average molecular weight is 455 g/mol. The summed E-state index contributed by atoms with van der Waals surface area (Å²) in [5.74, 6) is 0.0998. The van der Waals surface area contributed by atoms with E-state index >= 15 is 0 Å². The summed E-state index contributed by atoms with van der Waals surface area (Å²) in [7, 11) is 0. The van der Waals surface area contributed by atoms with Crippen LogP contribution in [-0.2, 0) is 19.2 Å². The Bertz CT molecular complexity index is 530. The molecule has 4 atom stereocenters. The van der Waals surface area contributed by atoms with E-state index in [0.29, 0.717) is 19.8 Å². The van der Waals surface area contributed by atoms with Crippen LogP contribution in [0.2, 0.25) is 0 Å². The fraction of sp³-hybridized carbons (Fsp3) is 0.833. The van der Waals surface area contributed by atoms with Gasteiger partial charge < -0.3 is 20.2 Å². The molecule has 0 aromatic heterocycles. The Morgan fingerprint density at radius 2 is 1.19 bits per heavy atom. The van der Waals surface area contributed by atoms with Crippen LogP contribution in [0.5, 0.6) is 0 Å². The molecular formula is C24H46N4O4. The number of hydrogen-bond acceptors (Lipinski definition) is 6. The highest BCUT2D eigenvalue weighted by molar-refractivity contribution is 5.81. The summed E-state index contributed by atoms with van der Waals surface area (Å²) in [6, 6.07) is -0.741. The molecule has 0 aromatic rings. The highest BCUT2D eigenvalue weighted by Gasteiger charge is 2.14. The average Bonchev–Trinajstić information content (AvgIpc) is 2.79. The molecule has 2 unspecified atom stereocenters. The van der Waals surface area contributed by atoms with E-state index in [1.54, 1.807) is 13.8 Å². The van der Waals surface area contributed by atoms with Crippen LogP contribution in [0.15, 0.2) is 0 Å². The third-order valence-corrected chi connectivity index (χ3v) is 5.77. The van der Waals surface area contributed by atoms with Crippen molar-refractivity contribution in [3.05, 3.63) is 0 Å². The summed E-state index contributed by atoms with van der Waals surface area (Å²) in [6.45, 7) is 9.19. The molecule has 4 N–H and O–H groups in total. The van der Waals surface area contributed by atoms with Crippen molar-refractivity contribution in [2.75, 3.05) is 19.8 Å². The Morgan fingerprint density at radius 1 is 0.719 bits per heavy atom. The van der Waals surface area contributed by atoms with E-state index < -0.39 is 0 Å². The molecule has 32 heavy (non-hydrogen) atoms. The number of amides is 2. The van der Waals surface area contributed by atoms with E-state index in [1.807, 2.05) is 6.92 Å². The summed E-state index contributed by atoms with van der Waals surface area (Å²) in [6.07, 6.45) is 10.2. The topological polar surface area (TPSA) is 116 Å². The molecule has 0 aliphatic carbocycles. The maximum atomic E-state index is 12.1. The number of aldehydes is 2. The summed E-state index contributed by atoms with van der Waals surface area (Å²) >= 11 is 0. The lowest BCUT2D eigenvalue weighted by molar-refractivity contribution is -0.122. The quantitative estimate of drug-likeness (QED) is 0.120. The largest absolute Gasteiger partial charge is 0.355 e. The molecule has 0 aromatic carbocycles. The van der Waals surface area contributed by atoms with Crippen LogP contribution in [0.4, 0.5) is 0 Å². The standard InChI is InChI=1S/C24H46N4O4/c1-5-11-22(17-30)13-8-10-15-26-24(32)20(4)28-18-27-19(3)23(31)25-14-9-7-12-21(6-2)16-29/h16-17,19-22,27-28H,5-15,18H2,1-4H3,(H,25,31)(H,26,32)/t19?,20?,21-,22+/m1/s1. The van der Waals surface area contributed by atoms with Gasteiger partial charge in [0.15, 0.2) is 0 Å². The van der Waals surface area contributed by atoms with Crippen LogP contribution < -0.4 is 21.3 Å². The SMILES string of the molecule is CCC[C@H](C=O)CCCCNC(=O)C(C)NCNC(C)C(=O)NCCCC[C@H](C=O)CC. The summed E-state index contributed by atoms with van der Waals surface area (Å²) in [5.41, 5.74) is 0. The first-order valence-electron chi connectivity index (χ1n) is 12.3. The third-order valence-electron chi connectivity index (χ3n) is 5.77. The number of hydrogen-bond donors (Lipinski definition) is 4. The van der Waals surface area contributed by atoms with E-state index in [4.69, 9.17) is 0 Å². The highest BCUT2D eigenvalue weighted by atomic mass is 16.2. The van der Waals surface area contributed by atoms with E-state index in [-0.39, 0.29) is 35.7 Å². The summed E-state index contributed by atoms with van der Waals surface area (Å²) in [5, 5.41) is 11.9. The van der Waals surface area contributed by atoms with Crippen LogP contribution >= 0.6 is 0 Å². The van der Waals surface area contributed by atoms with Gasteiger partial charge in [0.2, 0.25) is 11.8 Å². The van der Waals surface area contributed by atoms with Crippen molar-refractivity contribution in [1.29, 1.82) is 0 Å². The predicted molar refractivity (Wildman–Crippen MR) is 128 cm³/mol. The van der Waals surface area contributed by atoms with Crippen molar-refractivity contribution in [1.82, 2.24) is 21.3 Å². The maximum absolute atomic E-state index is 12.1.